The lowest BCUT2D eigenvalue weighted by Crippen LogP contribution is -1.91. The number of thiophene rings is 2. The van der Waals surface area contributed by atoms with Gasteiger partial charge in [-0.05, 0) is 33.8 Å². The van der Waals surface area contributed by atoms with Crippen molar-refractivity contribution in [2.24, 2.45) is 0 Å². The van der Waals surface area contributed by atoms with Crippen molar-refractivity contribution in [3.63, 3.8) is 0 Å². The fourth-order valence-electron chi connectivity index (χ4n) is 2.53. The van der Waals surface area contributed by atoms with E-state index in [1.54, 1.807) is 22.7 Å². The Labute approximate surface area is 130 Å². The number of hydrogen-bond acceptors (Lipinski definition) is 2. The van der Waals surface area contributed by atoms with Crippen molar-refractivity contribution < 1.29 is 0 Å². The van der Waals surface area contributed by atoms with Crippen LogP contribution >= 0.6 is 34.3 Å². The van der Waals surface area contributed by atoms with Crippen molar-refractivity contribution in [2.45, 2.75) is 5.38 Å². The first kappa shape index (κ1) is 12.4. The fraction of sp³-hybridized carbons (Fsp3) is 0.0588. The van der Waals surface area contributed by atoms with Crippen LogP contribution in [0.2, 0.25) is 0 Å². The van der Waals surface area contributed by atoms with Crippen LogP contribution in [0.4, 0.5) is 0 Å². The Morgan fingerprint density at radius 3 is 2.65 bits per heavy atom. The molecular weight excluding hydrogens is 304 g/mol. The molecule has 1 unspecified atom stereocenters. The van der Waals surface area contributed by atoms with E-state index in [0.29, 0.717) is 0 Å². The Balaban J connectivity index is 1.87. The van der Waals surface area contributed by atoms with Crippen molar-refractivity contribution in [3.8, 4) is 0 Å². The minimum Gasteiger partial charge on any atom is -0.143 e. The Morgan fingerprint density at radius 1 is 0.900 bits per heavy atom. The van der Waals surface area contributed by atoms with Crippen molar-refractivity contribution in [1.29, 1.82) is 0 Å². The van der Waals surface area contributed by atoms with E-state index in [9.17, 15) is 0 Å². The quantitative estimate of drug-likeness (QED) is 0.373. The number of hydrogen-bond donors (Lipinski definition) is 0. The Kier molecular flexibility index (Phi) is 3.03. The van der Waals surface area contributed by atoms with E-state index in [0.717, 1.165) is 0 Å². The number of fused-ring (bicyclic) bond motifs is 2. The van der Waals surface area contributed by atoms with Crippen molar-refractivity contribution in [3.05, 3.63) is 70.4 Å². The second-order valence-corrected chi connectivity index (χ2v) is 7.23. The zero-order valence-corrected chi connectivity index (χ0v) is 12.9. The van der Waals surface area contributed by atoms with E-state index in [4.69, 9.17) is 11.6 Å². The van der Waals surface area contributed by atoms with Crippen LogP contribution in [0.3, 0.4) is 0 Å². The van der Waals surface area contributed by atoms with Gasteiger partial charge in [0.1, 0.15) is 0 Å². The monoisotopic (exact) mass is 314 g/mol. The van der Waals surface area contributed by atoms with Crippen LogP contribution in [-0.2, 0) is 0 Å². The van der Waals surface area contributed by atoms with E-state index in [1.165, 1.54) is 30.6 Å². The Morgan fingerprint density at radius 2 is 1.75 bits per heavy atom. The zero-order chi connectivity index (χ0) is 13.5. The van der Waals surface area contributed by atoms with Gasteiger partial charge >= 0.3 is 0 Å². The number of benzene rings is 2. The normalized spacial score (nSPS) is 13.1. The maximum Gasteiger partial charge on any atom is 0.0934 e. The fourth-order valence-corrected chi connectivity index (χ4v) is 5.04. The van der Waals surface area contributed by atoms with Crippen LogP contribution in [0.1, 0.15) is 15.8 Å². The number of rotatable bonds is 2. The highest BCUT2D eigenvalue weighted by Crippen LogP contribution is 2.40. The first-order valence-corrected chi connectivity index (χ1v) is 8.55. The van der Waals surface area contributed by atoms with Gasteiger partial charge in [-0.1, -0.05) is 42.5 Å². The highest BCUT2D eigenvalue weighted by molar-refractivity contribution is 7.27. The van der Waals surface area contributed by atoms with E-state index in [-0.39, 0.29) is 5.38 Å². The second-order valence-electron chi connectivity index (χ2n) is 4.73. The van der Waals surface area contributed by atoms with Crippen LogP contribution in [0.5, 0.6) is 0 Å². The highest BCUT2D eigenvalue weighted by atomic mass is 35.5. The minimum absolute atomic E-state index is 0.0781. The van der Waals surface area contributed by atoms with Crippen molar-refractivity contribution in [2.75, 3.05) is 0 Å². The summed E-state index contributed by atoms with van der Waals surface area (Å²) in [7, 11) is 0. The summed E-state index contributed by atoms with van der Waals surface area (Å²) >= 11 is 10.3. The van der Waals surface area contributed by atoms with Crippen LogP contribution < -0.4 is 0 Å². The third-order valence-electron chi connectivity index (χ3n) is 3.50. The van der Waals surface area contributed by atoms with Crippen molar-refractivity contribution in [1.82, 2.24) is 0 Å². The molecule has 1 atom stereocenters. The van der Waals surface area contributed by atoms with Gasteiger partial charge in [0.25, 0.3) is 0 Å². The van der Waals surface area contributed by atoms with Crippen LogP contribution in [0.15, 0.2) is 60.0 Å². The van der Waals surface area contributed by atoms with Gasteiger partial charge in [-0.25, -0.2) is 0 Å². The summed E-state index contributed by atoms with van der Waals surface area (Å²) in [5, 5.41) is 4.54. The molecule has 0 aliphatic carbocycles. The summed E-state index contributed by atoms with van der Waals surface area (Å²) in [6.07, 6.45) is 0. The molecule has 0 N–H and O–H groups in total. The van der Waals surface area contributed by atoms with Gasteiger partial charge in [0.05, 0.1) is 5.38 Å². The van der Waals surface area contributed by atoms with Gasteiger partial charge in [0.15, 0.2) is 0 Å². The van der Waals surface area contributed by atoms with Gasteiger partial charge in [-0.2, -0.15) is 0 Å². The summed E-state index contributed by atoms with van der Waals surface area (Å²) < 4.78 is 2.66. The molecule has 3 heteroatoms. The molecule has 0 saturated heterocycles. The lowest BCUT2D eigenvalue weighted by molar-refractivity contribution is 1.21. The van der Waals surface area contributed by atoms with Gasteiger partial charge in [-0.3, -0.25) is 0 Å². The van der Waals surface area contributed by atoms with Crippen LogP contribution in [0.25, 0.3) is 20.2 Å². The lowest BCUT2D eigenvalue weighted by atomic mass is 10.0. The van der Waals surface area contributed by atoms with E-state index < -0.39 is 0 Å². The predicted molar refractivity (Wildman–Crippen MR) is 91.3 cm³/mol. The molecule has 4 rings (SSSR count). The lowest BCUT2D eigenvalue weighted by Gasteiger charge is -2.11. The average molecular weight is 315 g/mol. The van der Waals surface area contributed by atoms with Gasteiger partial charge in [0, 0.05) is 14.3 Å². The molecule has 2 aromatic carbocycles. The molecule has 0 bridgehead atoms. The molecule has 2 aromatic heterocycles. The van der Waals surface area contributed by atoms with E-state index in [1.807, 2.05) is 0 Å². The first-order chi connectivity index (χ1) is 9.83. The summed E-state index contributed by atoms with van der Waals surface area (Å²) in [5.74, 6) is 0. The third kappa shape index (κ3) is 1.96. The molecule has 0 radical (unpaired) electrons. The van der Waals surface area contributed by atoms with Crippen LogP contribution in [-0.4, -0.2) is 0 Å². The van der Waals surface area contributed by atoms with E-state index in [2.05, 4.69) is 60.0 Å². The molecule has 0 saturated carbocycles. The molecule has 4 aromatic rings. The second kappa shape index (κ2) is 4.88. The molecule has 2 heterocycles. The SMILES string of the molecule is ClC(c1cc2sccc2s1)c1cccc2ccccc12. The zero-order valence-electron chi connectivity index (χ0n) is 10.5. The molecular formula is C17H11ClS2. The van der Waals surface area contributed by atoms with Gasteiger partial charge in [-0.15, -0.1) is 34.3 Å². The highest BCUT2D eigenvalue weighted by Gasteiger charge is 2.16. The smallest absolute Gasteiger partial charge is 0.0934 e. The molecule has 0 nitrogen and oxygen atoms in total. The van der Waals surface area contributed by atoms with Gasteiger partial charge in [0.2, 0.25) is 0 Å². The summed E-state index contributed by atoms with van der Waals surface area (Å²) in [6.45, 7) is 0. The van der Waals surface area contributed by atoms with Crippen LogP contribution in [0, 0.1) is 0 Å². The number of alkyl halides is 1. The minimum atomic E-state index is -0.0781. The predicted octanol–water partition coefficient (Wildman–Crippen LogP) is 6.44. The molecule has 98 valence electrons. The maximum atomic E-state index is 6.75. The summed E-state index contributed by atoms with van der Waals surface area (Å²) in [6, 6.07) is 19.2. The maximum absolute atomic E-state index is 6.75. The average Bonchev–Trinajstić information content (AvgIpc) is 3.07. The largest absolute Gasteiger partial charge is 0.143 e. The number of halogens is 1. The Bertz CT molecular complexity index is 854. The first-order valence-electron chi connectivity index (χ1n) is 6.41. The Hall–Kier alpha value is -1.35. The molecule has 0 aliphatic heterocycles. The molecule has 0 amide bonds. The molecule has 0 spiro atoms. The summed E-state index contributed by atoms with van der Waals surface area (Å²) in [4.78, 5) is 1.23. The van der Waals surface area contributed by atoms with Gasteiger partial charge < -0.3 is 0 Å². The molecule has 0 fully saturated rings. The third-order valence-corrected chi connectivity index (χ3v) is 6.26. The topological polar surface area (TPSA) is 0 Å². The standard InChI is InChI=1S/C17H11ClS2/c18-17(16-10-15-14(20-16)8-9-19-15)13-7-3-5-11-4-1-2-6-12(11)13/h1-10,17H. The summed E-state index contributed by atoms with van der Waals surface area (Å²) in [5.41, 5.74) is 1.19. The molecule has 0 aliphatic rings. The molecule has 20 heavy (non-hydrogen) atoms. The van der Waals surface area contributed by atoms with E-state index >= 15 is 0 Å². The van der Waals surface area contributed by atoms with Crippen molar-refractivity contribution >= 4 is 54.4 Å².